The van der Waals surface area contributed by atoms with Gasteiger partial charge in [-0.2, -0.15) is 5.26 Å². The molecule has 3 heterocycles. The number of aromatic amines is 1. The summed E-state index contributed by atoms with van der Waals surface area (Å²) in [5.41, 5.74) is -0.0486. The van der Waals surface area contributed by atoms with Gasteiger partial charge in [-0.25, -0.2) is 9.97 Å². The lowest BCUT2D eigenvalue weighted by atomic mass is 10.2. The largest absolute Gasteiger partial charge is 0.344 e. The Morgan fingerprint density at radius 2 is 2.14 bits per heavy atom. The number of rotatable bonds is 4. The number of H-pyrrole nitrogens is 1. The van der Waals surface area contributed by atoms with Crippen molar-refractivity contribution in [2.45, 2.75) is 19.8 Å². The number of nitrogens with one attached hydrogen (secondary N) is 1. The highest BCUT2D eigenvalue weighted by Gasteiger charge is 2.19. The molecule has 1 aromatic carbocycles. The minimum absolute atomic E-state index is 0.0484. The third-order valence-corrected chi connectivity index (χ3v) is 5.36. The Balaban J connectivity index is 2.13. The maximum absolute atomic E-state index is 13.2. The van der Waals surface area contributed by atoms with Crippen molar-refractivity contribution in [2.75, 3.05) is 18.5 Å². The summed E-state index contributed by atoms with van der Waals surface area (Å²) in [5, 5.41) is 10.1. The number of hydrogen-bond donors (Lipinski definition) is 1. The van der Waals surface area contributed by atoms with Crippen LogP contribution in [0.5, 0.6) is 0 Å². The first-order valence-corrected chi connectivity index (χ1v) is 9.93. The summed E-state index contributed by atoms with van der Waals surface area (Å²) >= 11 is 3.37. The molecule has 0 aliphatic heterocycles. The first-order chi connectivity index (χ1) is 14.0. The second-order valence-corrected chi connectivity index (χ2v) is 7.71. The molecule has 0 amide bonds. The van der Waals surface area contributed by atoms with Gasteiger partial charge in [0.15, 0.2) is 0 Å². The number of nitrogens with zero attached hydrogens (tertiary/aromatic N) is 5. The van der Waals surface area contributed by atoms with E-state index in [2.05, 4.69) is 37.8 Å². The Morgan fingerprint density at radius 3 is 2.86 bits per heavy atom. The Morgan fingerprint density at radius 1 is 1.34 bits per heavy atom. The lowest BCUT2D eigenvalue weighted by Crippen LogP contribution is -2.25. The van der Waals surface area contributed by atoms with Gasteiger partial charge in [0.2, 0.25) is 11.4 Å². The minimum atomic E-state index is -0.526. The SMILES string of the molecule is CCCCN(C)c1ncc2c(n1)c(=O)c(C#N)c1[nH]c3ccc(Br)cc3c(=O)n12. The van der Waals surface area contributed by atoms with Crippen molar-refractivity contribution in [1.29, 1.82) is 5.26 Å². The molecule has 4 rings (SSSR count). The molecule has 8 nitrogen and oxygen atoms in total. The zero-order valence-corrected chi connectivity index (χ0v) is 17.4. The molecule has 3 aromatic heterocycles. The normalized spacial score (nSPS) is 11.2. The number of nitriles is 1. The number of benzene rings is 1. The molecular weight excluding hydrogens is 436 g/mol. The molecule has 0 saturated carbocycles. The molecule has 0 aliphatic carbocycles. The molecular formula is C20H17BrN6O2. The van der Waals surface area contributed by atoms with Gasteiger partial charge in [-0.1, -0.05) is 29.3 Å². The van der Waals surface area contributed by atoms with E-state index in [0.29, 0.717) is 16.9 Å². The number of unbranched alkanes of at least 4 members (excludes halogenated alkanes) is 1. The molecule has 9 heteroatoms. The average Bonchev–Trinajstić information content (AvgIpc) is 2.72. The van der Waals surface area contributed by atoms with Crippen molar-refractivity contribution in [3.8, 4) is 6.07 Å². The number of aromatic nitrogens is 4. The molecule has 29 heavy (non-hydrogen) atoms. The molecule has 0 fully saturated rings. The fourth-order valence-corrected chi connectivity index (χ4v) is 3.68. The molecule has 1 N–H and O–H groups in total. The van der Waals surface area contributed by atoms with E-state index in [9.17, 15) is 14.9 Å². The topological polar surface area (TPSA) is 107 Å². The van der Waals surface area contributed by atoms with Crippen LogP contribution in [0.3, 0.4) is 0 Å². The highest BCUT2D eigenvalue weighted by atomic mass is 79.9. The maximum atomic E-state index is 13.2. The predicted octanol–water partition coefficient (Wildman–Crippen LogP) is 2.95. The quantitative estimate of drug-likeness (QED) is 0.376. The Bertz CT molecular complexity index is 1430. The van der Waals surface area contributed by atoms with Crippen molar-refractivity contribution in [3.63, 3.8) is 0 Å². The zero-order chi connectivity index (χ0) is 20.7. The summed E-state index contributed by atoms with van der Waals surface area (Å²) in [6, 6.07) is 7.12. The molecule has 0 bridgehead atoms. The van der Waals surface area contributed by atoms with Gasteiger partial charge in [0.1, 0.15) is 22.8 Å². The number of halogens is 1. The van der Waals surface area contributed by atoms with E-state index >= 15 is 0 Å². The van der Waals surface area contributed by atoms with E-state index in [-0.39, 0.29) is 27.8 Å². The summed E-state index contributed by atoms with van der Waals surface area (Å²) in [7, 11) is 1.85. The van der Waals surface area contributed by atoms with Gasteiger partial charge < -0.3 is 9.88 Å². The van der Waals surface area contributed by atoms with Crippen LogP contribution < -0.4 is 15.9 Å². The van der Waals surface area contributed by atoms with Crippen LogP contribution in [0.1, 0.15) is 25.3 Å². The van der Waals surface area contributed by atoms with Crippen LogP contribution in [0, 0.1) is 11.3 Å². The van der Waals surface area contributed by atoms with Gasteiger partial charge in [-0.15, -0.1) is 0 Å². The van der Waals surface area contributed by atoms with E-state index in [0.717, 1.165) is 23.9 Å². The molecule has 0 unspecified atom stereocenters. The van der Waals surface area contributed by atoms with Gasteiger partial charge in [0.25, 0.3) is 5.56 Å². The summed E-state index contributed by atoms with van der Waals surface area (Å²) in [5.74, 6) is 0.381. The van der Waals surface area contributed by atoms with Crippen LogP contribution in [0.25, 0.3) is 27.6 Å². The molecule has 0 aliphatic rings. The standard InChI is InChI=1S/C20H17BrN6O2/c1-3-4-7-26(2)20-23-10-15-16(25-20)17(28)13(9-22)18-24-14-6-5-11(21)8-12(14)19(29)27(15)18/h5-6,8,10,24H,3-4,7H2,1-2H3. The molecule has 4 aromatic rings. The number of pyridine rings is 1. The number of hydrogen-bond acceptors (Lipinski definition) is 6. The van der Waals surface area contributed by atoms with E-state index < -0.39 is 5.43 Å². The maximum Gasteiger partial charge on any atom is 0.266 e. The van der Waals surface area contributed by atoms with Crippen molar-refractivity contribution in [3.05, 3.63) is 55.0 Å². The average molecular weight is 453 g/mol. The van der Waals surface area contributed by atoms with Crippen LogP contribution in [0.4, 0.5) is 5.95 Å². The van der Waals surface area contributed by atoms with Gasteiger partial charge in [-0.05, 0) is 24.6 Å². The van der Waals surface area contributed by atoms with Gasteiger partial charge in [0, 0.05) is 18.1 Å². The Hall–Kier alpha value is -3.25. The lowest BCUT2D eigenvalue weighted by molar-refractivity contribution is 0.751. The van der Waals surface area contributed by atoms with Gasteiger partial charge in [0.05, 0.1) is 22.6 Å². The van der Waals surface area contributed by atoms with Crippen LogP contribution in [0.2, 0.25) is 0 Å². The summed E-state index contributed by atoms with van der Waals surface area (Å²) in [4.78, 5) is 39.9. The van der Waals surface area contributed by atoms with E-state index in [1.54, 1.807) is 18.2 Å². The Kier molecular flexibility index (Phi) is 4.80. The molecule has 0 spiro atoms. The van der Waals surface area contributed by atoms with E-state index in [4.69, 9.17) is 0 Å². The monoisotopic (exact) mass is 452 g/mol. The van der Waals surface area contributed by atoms with Gasteiger partial charge in [-0.3, -0.25) is 14.0 Å². The molecule has 0 atom stereocenters. The first-order valence-electron chi connectivity index (χ1n) is 9.14. The van der Waals surface area contributed by atoms with Crippen molar-refractivity contribution >= 4 is 49.5 Å². The van der Waals surface area contributed by atoms with E-state index in [1.165, 1.54) is 10.6 Å². The van der Waals surface area contributed by atoms with Gasteiger partial charge >= 0.3 is 0 Å². The lowest BCUT2D eigenvalue weighted by Gasteiger charge is -2.17. The van der Waals surface area contributed by atoms with E-state index in [1.807, 2.05) is 18.0 Å². The minimum Gasteiger partial charge on any atom is -0.344 e. The Labute approximate surface area is 173 Å². The summed E-state index contributed by atoms with van der Waals surface area (Å²) < 4.78 is 2.05. The fourth-order valence-electron chi connectivity index (χ4n) is 3.32. The van der Waals surface area contributed by atoms with Crippen LogP contribution in [0.15, 0.2) is 38.5 Å². The third kappa shape index (κ3) is 3.06. The number of anilines is 1. The molecule has 146 valence electrons. The highest BCUT2D eigenvalue weighted by molar-refractivity contribution is 9.10. The van der Waals surface area contributed by atoms with Crippen LogP contribution in [-0.2, 0) is 0 Å². The zero-order valence-electron chi connectivity index (χ0n) is 15.9. The fraction of sp³-hybridized carbons (Fsp3) is 0.250. The number of fused-ring (bicyclic) bond motifs is 4. The molecule has 0 radical (unpaired) electrons. The summed E-state index contributed by atoms with van der Waals surface area (Å²) in [6.07, 6.45) is 3.44. The van der Waals surface area contributed by atoms with Crippen molar-refractivity contribution in [2.24, 2.45) is 0 Å². The highest BCUT2D eigenvalue weighted by Crippen LogP contribution is 2.20. The second kappa shape index (κ2) is 7.29. The smallest absolute Gasteiger partial charge is 0.266 e. The third-order valence-electron chi connectivity index (χ3n) is 4.87. The molecule has 0 saturated heterocycles. The van der Waals surface area contributed by atoms with Crippen molar-refractivity contribution < 1.29 is 0 Å². The second-order valence-electron chi connectivity index (χ2n) is 6.80. The first kappa shape index (κ1) is 19.1. The van der Waals surface area contributed by atoms with Crippen LogP contribution in [-0.4, -0.2) is 32.9 Å². The summed E-state index contributed by atoms with van der Waals surface area (Å²) in [6.45, 7) is 2.82. The predicted molar refractivity (Wildman–Crippen MR) is 115 cm³/mol. The van der Waals surface area contributed by atoms with Crippen molar-refractivity contribution in [1.82, 2.24) is 19.4 Å². The van der Waals surface area contributed by atoms with Crippen LogP contribution >= 0.6 is 15.9 Å².